The second-order valence-corrected chi connectivity index (χ2v) is 6.73. The third kappa shape index (κ3) is 4.51. The number of hydrogen-bond acceptors (Lipinski definition) is 4. The number of thiazole rings is 1. The number of nitrogens with one attached hydrogen (secondary N) is 2. The van der Waals surface area contributed by atoms with Crippen LogP contribution in [0.4, 0.5) is 0 Å². The van der Waals surface area contributed by atoms with Crippen LogP contribution in [0, 0.1) is 19.8 Å². The van der Waals surface area contributed by atoms with Crippen LogP contribution in [0.15, 0.2) is 17.6 Å². The standard InChI is InChI=1S/C16H22N4OS.2ClH/c1-11-8-14(12(2)20(11)16-18-6-7-22-16)15(21)19-10-13-4-3-5-17-9-13;;/h6-8,13,17H,3-5,9-10H2,1-2H3,(H,19,21);2*1H. The fraction of sp³-hybridized carbons (Fsp3) is 0.500. The van der Waals surface area contributed by atoms with Crippen LogP contribution >= 0.6 is 36.2 Å². The fourth-order valence-electron chi connectivity index (χ4n) is 3.04. The summed E-state index contributed by atoms with van der Waals surface area (Å²) in [5, 5.41) is 9.32. The number of carbonyl (C=O) groups is 1. The first kappa shape index (κ1) is 21.0. The molecule has 1 aliphatic heterocycles. The van der Waals surface area contributed by atoms with Crippen LogP contribution < -0.4 is 10.6 Å². The highest BCUT2D eigenvalue weighted by molar-refractivity contribution is 7.12. The first-order valence-electron chi connectivity index (χ1n) is 7.74. The number of hydrogen-bond donors (Lipinski definition) is 2. The highest BCUT2D eigenvalue weighted by Gasteiger charge is 2.19. The van der Waals surface area contributed by atoms with E-state index in [2.05, 4.69) is 15.6 Å². The van der Waals surface area contributed by atoms with Gasteiger partial charge in [0, 0.05) is 29.5 Å². The second kappa shape index (κ2) is 9.42. The molecule has 8 heteroatoms. The Kier molecular flexibility index (Phi) is 8.22. The lowest BCUT2D eigenvalue weighted by atomic mass is 10.00. The number of piperidine rings is 1. The average Bonchev–Trinajstić information content (AvgIpc) is 3.14. The lowest BCUT2D eigenvalue weighted by Crippen LogP contribution is -2.38. The first-order valence-corrected chi connectivity index (χ1v) is 8.62. The van der Waals surface area contributed by atoms with Gasteiger partial charge in [0.25, 0.3) is 5.91 Å². The van der Waals surface area contributed by atoms with Crippen molar-refractivity contribution in [1.82, 2.24) is 20.2 Å². The molecule has 1 aliphatic rings. The molecule has 2 aromatic rings. The predicted octanol–water partition coefficient (Wildman–Crippen LogP) is 3.12. The molecule has 3 heterocycles. The molecule has 1 fully saturated rings. The number of amides is 1. The minimum absolute atomic E-state index is 0. The van der Waals surface area contributed by atoms with Gasteiger partial charge in [0.2, 0.25) is 0 Å². The minimum Gasteiger partial charge on any atom is -0.352 e. The van der Waals surface area contributed by atoms with Crippen LogP contribution in [0.2, 0.25) is 0 Å². The Bertz CT molecular complexity index is 651. The van der Waals surface area contributed by atoms with Gasteiger partial charge in [-0.2, -0.15) is 0 Å². The van der Waals surface area contributed by atoms with Gasteiger partial charge in [0.05, 0.1) is 5.56 Å². The predicted molar refractivity (Wildman–Crippen MR) is 103 cm³/mol. The van der Waals surface area contributed by atoms with E-state index in [0.717, 1.165) is 41.7 Å². The Morgan fingerprint density at radius 2 is 2.25 bits per heavy atom. The average molecular weight is 391 g/mol. The summed E-state index contributed by atoms with van der Waals surface area (Å²) in [6, 6.07) is 1.95. The summed E-state index contributed by atoms with van der Waals surface area (Å²) in [6.07, 6.45) is 4.17. The van der Waals surface area contributed by atoms with Gasteiger partial charge in [-0.3, -0.25) is 9.36 Å². The smallest absolute Gasteiger partial charge is 0.253 e. The number of carbonyl (C=O) groups excluding carboxylic acids is 1. The van der Waals surface area contributed by atoms with E-state index in [1.54, 1.807) is 17.5 Å². The Labute approximate surface area is 159 Å². The van der Waals surface area contributed by atoms with Crippen molar-refractivity contribution in [1.29, 1.82) is 0 Å². The molecule has 1 atom stereocenters. The summed E-state index contributed by atoms with van der Waals surface area (Å²) in [5.41, 5.74) is 2.74. The minimum atomic E-state index is 0. The molecule has 0 saturated carbocycles. The lowest BCUT2D eigenvalue weighted by molar-refractivity contribution is 0.0944. The van der Waals surface area contributed by atoms with Crippen LogP contribution in [0.3, 0.4) is 0 Å². The van der Waals surface area contributed by atoms with Crippen molar-refractivity contribution in [2.75, 3.05) is 19.6 Å². The quantitative estimate of drug-likeness (QED) is 0.842. The van der Waals surface area contributed by atoms with Gasteiger partial charge in [-0.25, -0.2) is 4.98 Å². The zero-order valence-electron chi connectivity index (χ0n) is 13.9. The Morgan fingerprint density at radius 1 is 1.46 bits per heavy atom. The summed E-state index contributed by atoms with van der Waals surface area (Å²) in [5.74, 6) is 0.557. The maximum absolute atomic E-state index is 12.5. The maximum atomic E-state index is 12.5. The maximum Gasteiger partial charge on any atom is 0.253 e. The molecule has 134 valence electrons. The monoisotopic (exact) mass is 390 g/mol. The Morgan fingerprint density at radius 3 is 2.88 bits per heavy atom. The van der Waals surface area contributed by atoms with Gasteiger partial charge in [-0.1, -0.05) is 0 Å². The molecule has 1 amide bonds. The Balaban J connectivity index is 0.00000144. The van der Waals surface area contributed by atoms with Crippen LogP contribution in [0.5, 0.6) is 0 Å². The largest absolute Gasteiger partial charge is 0.352 e. The van der Waals surface area contributed by atoms with Crippen LogP contribution in [-0.4, -0.2) is 35.1 Å². The fourth-order valence-corrected chi connectivity index (χ4v) is 3.80. The molecular formula is C16H24Cl2N4OS. The van der Waals surface area contributed by atoms with Gasteiger partial charge in [-0.15, -0.1) is 36.2 Å². The summed E-state index contributed by atoms with van der Waals surface area (Å²) < 4.78 is 2.04. The molecule has 0 spiro atoms. The molecule has 2 N–H and O–H groups in total. The van der Waals surface area contributed by atoms with Crippen LogP contribution in [0.25, 0.3) is 5.13 Å². The molecule has 0 aliphatic carbocycles. The molecule has 5 nitrogen and oxygen atoms in total. The summed E-state index contributed by atoms with van der Waals surface area (Å²) in [6.45, 7) is 6.83. The summed E-state index contributed by atoms with van der Waals surface area (Å²) >= 11 is 1.58. The van der Waals surface area contributed by atoms with E-state index in [1.807, 2.05) is 29.9 Å². The van der Waals surface area contributed by atoms with Crippen molar-refractivity contribution in [3.63, 3.8) is 0 Å². The van der Waals surface area contributed by atoms with Crippen molar-refractivity contribution < 1.29 is 4.79 Å². The van der Waals surface area contributed by atoms with E-state index in [4.69, 9.17) is 0 Å². The second-order valence-electron chi connectivity index (χ2n) is 5.86. The highest BCUT2D eigenvalue weighted by atomic mass is 35.5. The number of rotatable bonds is 4. The van der Waals surface area contributed by atoms with Crippen molar-refractivity contribution >= 4 is 42.1 Å². The zero-order chi connectivity index (χ0) is 15.5. The van der Waals surface area contributed by atoms with Gasteiger partial charge in [0.15, 0.2) is 5.13 Å². The van der Waals surface area contributed by atoms with Crippen molar-refractivity contribution in [2.45, 2.75) is 26.7 Å². The van der Waals surface area contributed by atoms with Crippen molar-refractivity contribution in [3.05, 3.63) is 34.6 Å². The van der Waals surface area contributed by atoms with E-state index in [0.29, 0.717) is 5.92 Å². The van der Waals surface area contributed by atoms with Gasteiger partial charge < -0.3 is 10.6 Å². The first-order chi connectivity index (χ1) is 10.7. The number of aryl methyl sites for hydroxylation is 1. The molecular weight excluding hydrogens is 367 g/mol. The van der Waals surface area contributed by atoms with Crippen LogP contribution in [-0.2, 0) is 0 Å². The number of halogens is 2. The van der Waals surface area contributed by atoms with Crippen molar-refractivity contribution in [3.8, 4) is 5.13 Å². The van der Waals surface area contributed by atoms with Gasteiger partial charge >= 0.3 is 0 Å². The summed E-state index contributed by atoms with van der Waals surface area (Å²) in [7, 11) is 0. The Hall–Kier alpha value is -1.08. The molecule has 0 bridgehead atoms. The molecule has 1 unspecified atom stereocenters. The molecule has 0 radical (unpaired) electrons. The number of aromatic nitrogens is 2. The normalized spacial score (nSPS) is 16.8. The van der Waals surface area contributed by atoms with E-state index >= 15 is 0 Å². The van der Waals surface area contributed by atoms with Gasteiger partial charge in [-0.05, 0) is 51.8 Å². The summed E-state index contributed by atoms with van der Waals surface area (Å²) in [4.78, 5) is 16.8. The lowest BCUT2D eigenvalue weighted by Gasteiger charge is -2.22. The highest BCUT2D eigenvalue weighted by Crippen LogP contribution is 2.22. The molecule has 24 heavy (non-hydrogen) atoms. The molecule has 0 aromatic carbocycles. The van der Waals surface area contributed by atoms with E-state index in [9.17, 15) is 4.79 Å². The third-order valence-corrected chi connectivity index (χ3v) is 4.99. The topological polar surface area (TPSA) is 59.0 Å². The van der Waals surface area contributed by atoms with Crippen LogP contribution in [0.1, 0.15) is 34.6 Å². The molecule has 2 aromatic heterocycles. The van der Waals surface area contributed by atoms with Gasteiger partial charge in [0.1, 0.15) is 0 Å². The SMILES string of the molecule is Cc1cc(C(=O)NCC2CCCNC2)c(C)n1-c1nccs1.Cl.Cl. The third-order valence-electron chi connectivity index (χ3n) is 4.24. The van der Waals surface area contributed by atoms with Crippen molar-refractivity contribution in [2.24, 2.45) is 5.92 Å². The van der Waals surface area contributed by atoms with E-state index in [-0.39, 0.29) is 30.7 Å². The number of nitrogens with zero attached hydrogens (tertiary/aromatic N) is 2. The molecule has 3 rings (SSSR count). The van der Waals surface area contributed by atoms with E-state index in [1.165, 1.54) is 12.8 Å². The van der Waals surface area contributed by atoms with E-state index < -0.39 is 0 Å². The zero-order valence-corrected chi connectivity index (χ0v) is 16.3. The molecule has 1 saturated heterocycles.